The molecular formula is C20H30N6O. The van der Waals surface area contributed by atoms with Crippen molar-refractivity contribution in [2.75, 3.05) is 39.3 Å². The molecule has 27 heavy (non-hydrogen) atoms. The predicted octanol–water partition coefficient (Wildman–Crippen LogP) is 0.339. The van der Waals surface area contributed by atoms with E-state index >= 15 is 0 Å². The molecule has 4 rings (SSSR count). The summed E-state index contributed by atoms with van der Waals surface area (Å²) in [6, 6.07) is 6.32. The van der Waals surface area contributed by atoms with Gasteiger partial charge in [-0.15, -0.1) is 0 Å². The molecule has 2 fully saturated rings. The van der Waals surface area contributed by atoms with Gasteiger partial charge in [-0.3, -0.25) is 14.4 Å². The number of carbonyl (C=O) groups is 1. The van der Waals surface area contributed by atoms with Crippen LogP contribution in [0.1, 0.15) is 18.4 Å². The molecule has 2 aliphatic heterocycles. The second-order valence-electron chi connectivity index (χ2n) is 7.81. The van der Waals surface area contributed by atoms with Crippen molar-refractivity contribution in [2.24, 2.45) is 12.8 Å². The minimum atomic E-state index is -0.477. The SMILES string of the molecule is Cn1ncc2cc(CC(N)C(=O)N3CCC(N4CCNCC4)CC3)ccc21. The van der Waals surface area contributed by atoms with Crippen LogP contribution in [0, 0.1) is 0 Å². The van der Waals surface area contributed by atoms with Crippen LogP contribution in [0.4, 0.5) is 0 Å². The fourth-order valence-corrected chi connectivity index (χ4v) is 4.41. The van der Waals surface area contributed by atoms with Gasteiger partial charge in [0.1, 0.15) is 0 Å². The lowest BCUT2D eigenvalue weighted by atomic mass is 9.99. The first-order chi connectivity index (χ1) is 13.1. The van der Waals surface area contributed by atoms with Gasteiger partial charge in [0.05, 0.1) is 17.8 Å². The van der Waals surface area contributed by atoms with Crippen LogP contribution in [0.3, 0.4) is 0 Å². The third-order valence-electron chi connectivity index (χ3n) is 6.03. The summed E-state index contributed by atoms with van der Waals surface area (Å²) in [7, 11) is 1.93. The smallest absolute Gasteiger partial charge is 0.239 e. The molecule has 0 bridgehead atoms. The summed E-state index contributed by atoms with van der Waals surface area (Å²) < 4.78 is 1.85. The van der Waals surface area contributed by atoms with Crippen molar-refractivity contribution in [1.82, 2.24) is 24.9 Å². The van der Waals surface area contributed by atoms with Gasteiger partial charge in [0.2, 0.25) is 5.91 Å². The average Bonchev–Trinajstić information content (AvgIpc) is 3.08. The Hall–Kier alpha value is -1.96. The van der Waals surface area contributed by atoms with E-state index < -0.39 is 6.04 Å². The van der Waals surface area contributed by atoms with E-state index in [4.69, 9.17) is 5.73 Å². The summed E-state index contributed by atoms with van der Waals surface area (Å²) in [5.74, 6) is 0.0834. The lowest BCUT2D eigenvalue weighted by Gasteiger charge is -2.40. The molecule has 0 saturated carbocycles. The lowest BCUT2D eigenvalue weighted by molar-refractivity contribution is -0.134. The van der Waals surface area contributed by atoms with Gasteiger partial charge < -0.3 is 16.0 Å². The first-order valence-electron chi connectivity index (χ1n) is 10.0. The number of rotatable bonds is 4. The van der Waals surface area contributed by atoms with Gasteiger partial charge in [-0.1, -0.05) is 6.07 Å². The van der Waals surface area contributed by atoms with Crippen molar-refractivity contribution in [1.29, 1.82) is 0 Å². The third-order valence-corrected chi connectivity index (χ3v) is 6.03. The quantitative estimate of drug-likeness (QED) is 0.811. The van der Waals surface area contributed by atoms with E-state index in [-0.39, 0.29) is 5.91 Å². The normalized spacial score (nSPS) is 20.9. The molecule has 1 amide bonds. The minimum absolute atomic E-state index is 0.0834. The topological polar surface area (TPSA) is 79.4 Å². The van der Waals surface area contributed by atoms with Crippen LogP contribution in [0.15, 0.2) is 24.4 Å². The van der Waals surface area contributed by atoms with Crippen LogP contribution < -0.4 is 11.1 Å². The molecule has 1 aromatic carbocycles. The number of carbonyl (C=O) groups excluding carboxylic acids is 1. The Balaban J connectivity index is 1.32. The van der Waals surface area contributed by atoms with Gasteiger partial charge in [0.15, 0.2) is 0 Å². The van der Waals surface area contributed by atoms with E-state index in [1.807, 2.05) is 35.0 Å². The van der Waals surface area contributed by atoms with Crippen LogP contribution in [0.5, 0.6) is 0 Å². The maximum atomic E-state index is 12.8. The molecule has 0 spiro atoms. The van der Waals surface area contributed by atoms with E-state index in [9.17, 15) is 4.79 Å². The zero-order valence-electron chi connectivity index (χ0n) is 16.1. The van der Waals surface area contributed by atoms with Crippen molar-refractivity contribution in [2.45, 2.75) is 31.3 Å². The first kappa shape index (κ1) is 18.4. The number of nitrogens with two attached hydrogens (primary N) is 1. The fraction of sp³-hybridized carbons (Fsp3) is 0.600. The van der Waals surface area contributed by atoms with E-state index in [0.717, 1.165) is 68.6 Å². The van der Waals surface area contributed by atoms with Crippen LogP contribution in [-0.4, -0.2) is 76.8 Å². The number of piperazine rings is 1. The number of nitrogens with zero attached hydrogens (tertiary/aromatic N) is 4. The third kappa shape index (κ3) is 4.00. The summed E-state index contributed by atoms with van der Waals surface area (Å²) in [6.07, 6.45) is 4.54. The van der Waals surface area contributed by atoms with E-state index in [1.54, 1.807) is 0 Å². The minimum Gasteiger partial charge on any atom is -0.341 e. The summed E-state index contributed by atoms with van der Waals surface area (Å²) >= 11 is 0. The first-order valence-corrected chi connectivity index (χ1v) is 10.0. The number of nitrogens with one attached hydrogen (secondary N) is 1. The molecule has 1 unspecified atom stereocenters. The number of hydrogen-bond donors (Lipinski definition) is 2. The van der Waals surface area contributed by atoms with Crippen LogP contribution in [0.25, 0.3) is 10.9 Å². The Labute approximate surface area is 160 Å². The summed E-state index contributed by atoms with van der Waals surface area (Å²) in [6.45, 7) is 6.03. The number of aromatic nitrogens is 2. The van der Waals surface area contributed by atoms with Gasteiger partial charge in [0, 0.05) is 57.7 Å². The second-order valence-corrected chi connectivity index (χ2v) is 7.81. The molecule has 7 heteroatoms. The molecule has 1 atom stereocenters. The van der Waals surface area contributed by atoms with E-state index in [1.165, 1.54) is 0 Å². The van der Waals surface area contributed by atoms with Gasteiger partial charge in [-0.2, -0.15) is 5.10 Å². The second kappa shape index (κ2) is 7.96. The standard InChI is InChI=1S/C20H30N6O/c1-24-19-3-2-15(12-16(19)14-23-24)13-18(21)20(27)26-8-4-17(5-9-26)25-10-6-22-7-11-25/h2-3,12,14,17-18,22H,4-11,13,21H2,1H3. The molecule has 2 aliphatic rings. The number of hydrogen-bond acceptors (Lipinski definition) is 5. The highest BCUT2D eigenvalue weighted by Gasteiger charge is 2.29. The highest BCUT2D eigenvalue weighted by atomic mass is 16.2. The zero-order chi connectivity index (χ0) is 18.8. The molecule has 146 valence electrons. The lowest BCUT2D eigenvalue weighted by Crippen LogP contribution is -2.54. The number of likely N-dealkylation sites (tertiary alicyclic amines) is 1. The fourth-order valence-electron chi connectivity index (χ4n) is 4.41. The molecule has 7 nitrogen and oxygen atoms in total. The Kier molecular flexibility index (Phi) is 5.43. The summed E-state index contributed by atoms with van der Waals surface area (Å²) in [5.41, 5.74) is 8.46. The van der Waals surface area contributed by atoms with Gasteiger partial charge in [-0.05, 0) is 37.0 Å². The predicted molar refractivity (Wildman–Crippen MR) is 106 cm³/mol. The Morgan fingerprint density at radius 2 is 2.00 bits per heavy atom. The number of fused-ring (bicyclic) bond motifs is 1. The molecule has 2 aromatic rings. The maximum Gasteiger partial charge on any atom is 0.239 e. The van der Waals surface area contributed by atoms with E-state index in [2.05, 4.69) is 21.4 Å². The van der Waals surface area contributed by atoms with Gasteiger partial charge >= 0.3 is 0 Å². The van der Waals surface area contributed by atoms with Crippen molar-refractivity contribution in [3.8, 4) is 0 Å². The van der Waals surface area contributed by atoms with Crippen molar-refractivity contribution in [3.63, 3.8) is 0 Å². The highest BCUT2D eigenvalue weighted by molar-refractivity contribution is 5.83. The molecular weight excluding hydrogens is 340 g/mol. The van der Waals surface area contributed by atoms with Crippen LogP contribution >= 0.6 is 0 Å². The van der Waals surface area contributed by atoms with Crippen molar-refractivity contribution in [3.05, 3.63) is 30.0 Å². The largest absolute Gasteiger partial charge is 0.341 e. The molecule has 0 aliphatic carbocycles. The molecule has 1 aromatic heterocycles. The van der Waals surface area contributed by atoms with Crippen LogP contribution in [-0.2, 0) is 18.3 Å². The summed E-state index contributed by atoms with van der Waals surface area (Å²) in [5, 5.41) is 8.77. The molecule has 3 heterocycles. The van der Waals surface area contributed by atoms with Crippen molar-refractivity contribution >= 4 is 16.8 Å². The summed E-state index contributed by atoms with van der Waals surface area (Å²) in [4.78, 5) is 17.3. The van der Waals surface area contributed by atoms with Crippen molar-refractivity contribution < 1.29 is 4.79 Å². The van der Waals surface area contributed by atoms with E-state index in [0.29, 0.717) is 12.5 Å². The molecule has 0 radical (unpaired) electrons. The number of amides is 1. The molecule has 3 N–H and O–H groups in total. The number of aryl methyl sites for hydroxylation is 1. The maximum absolute atomic E-state index is 12.8. The Morgan fingerprint density at radius 3 is 2.74 bits per heavy atom. The number of benzene rings is 1. The Bertz CT molecular complexity index is 789. The average molecular weight is 371 g/mol. The van der Waals surface area contributed by atoms with Gasteiger partial charge in [0.25, 0.3) is 0 Å². The monoisotopic (exact) mass is 370 g/mol. The van der Waals surface area contributed by atoms with Gasteiger partial charge in [-0.25, -0.2) is 0 Å². The Morgan fingerprint density at radius 1 is 1.26 bits per heavy atom. The highest BCUT2D eigenvalue weighted by Crippen LogP contribution is 2.19. The van der Waals surface area contributed by atoms with Crippen LogP contribution in [0.2, 0.25) is 0 Å². The zero-order valence-corrected chi connectivity index (χ0v) is 16.1. The number of piperidine rings is 1. The molecule has 2 saturated heterocycles.